The summed E-state index contributed by atoms with van der Waals surface area (Å²) in [6.07, 6.45) is 3.00. The molecule has 0 aromatic heterocycles. The summed E-state index contributed by atoms with van der Waals surface area (Å²) in [5.74, 6) is 0.0328. The molecule has 0 aliphatic rings. The molecule has 36 heavy (non-hydrogen) atoms. The molecule has 0 fully saturated rings. The molecule has 0 unspecified atom stereocenters. The van der Waals surface area contributed by atoms with E-state index in [1.54, 1.807) is 12.1 Å². The monoisotopic (exact) mass is 474 g/mol. The zero-order valence-electron chi connectivity index (χ0n) is 20.7. The van der Waals surface area contributed by atoms with Crippen LogP contribution >= 0.6 is 0 Å². The first-order valence-corrected chi connectivity index (χ1v) is 11.9. The summed E-state index contributed by atoms with van der Waals surface area (Å²) in [4.78, 5) is 15.8. The highest BCUT2D eigenvalue weighted by Crippen LogP contribution is 2.31. The molecule has 0 N–H and O–H groups in total. The Morgan fingerprint density at radius 3 is 1.61 bits per heavy atom. The van der Waals surface area contributed by atoms with Gasteiger partial charge in [-0.25, -0.2) is 4.79 Å². The SMILES string of the molecule is C=CC(=O)Oc1ccc(N(CC)c2ccc(-c3ccc(N(C)c4ccc(C=C)cc4)cc3)cc2)cc1. The molecule has 4 aromatic rings. The quantitative estimate of drug-likeness (QED) is 0.140. The fourth-order valence-electron chi connectivity index (χ4n) is 4.06. The minimum atomic E-state index is -0.465. The van der Waals surface area contributed by atoms with E-state index in [0.29, 0.717) is 5.75 Å². The number of rotatable bonds is 9. The van der Waals surface area contributed by atoms with Gasteiger partial charge < -0.3 is 14.5 Å². The predicted molar refractivity (Wildman–Crippen MR) is 151 cm³/mol. The Morgan fingerprint density at radius 2 is 1.17 bits per heavy atom. The molecule has 4 heteroatoms. The largest absolute Gasteiger partial charge is 0.423 e. The minimum absolute atomic E-state index is 0.465. The number of hydrogen-bond donors (Lipinski definition) is 0. The van der Waals surface area contributed by atoms with Crippen molar-refractivity contribution >= 4 is 34.8 Å². The molecule has 0 bridgehead atoms. The number of hydrogen-bond acceptors (Lipinski definition) is 4. The van der Waals surface area contributed by atoms with Crippen molar-refractivity contribution in [2.24, 2.45) is 0 Å². The number of carbonyl (C=O) groups excluding carboxylic acids is 1. The Balaban J connectivity index is 1.47. The van der Waals surface area contributed by atoms with Crippen LogP contribution in [0.25, 0.3) is 17.2 Å². The second-order valence-corrected chi connectivity index (χ2v) is 8.31. The molecule has 0 saturated heterocycles. The number of nitrogens with zero attached hydrogens (tertiary/aromatic N) is 2. The van der Waals surface area contributed by atoms with Crippen molar-refractivity contribution in [2.75, 3.05) is 23.4 Å². The summed E-state index contributed by atoms with van der Waals surface area (Å²) in [7, 11) is 2.07. The maximum atomic E-state index is 11.4. The van der Waals surface area contributed by atoms with Crippen molar-refractivity contribution in [2.45, 2.75) is 6.92 Å². The van der Waals surface area contributed by atoms with Crippen LogP contribution in [-0.4, -0.2) is 19.6 Å². The van der Waals surface area contributed by atoms with Crippen molar-refractivity contribution in [1.82, 2.24) is 0 Å². The van der Waals surface area contributed by atoms with Crippen LogP contribution in [0.4, 0.5) is 22.7 Å². The Morgan fingerprint density at radius 1 is 0.722 bits per heavy atom. The number of anilines is 4. The third-order valence-electron chi connectivity index (χ3n) is 6.13. The summed E-state index contributed by atoms with van der Waals surface area (Å²) in [5, 5.41) is 0. The molecule has 4 aromatic carbocycles. The van der Waals surface area contributed by atoms with E-state index in [0.717, 1.165) is 52.1 Å². The third kappa shape index (κ3) is 5.56. The van der Waals surface area contributed by atoms with Crippen LogP contribution in [-0.2, 0) is 4.79 Å². The lowest BCUT2D eigenvalue weighted by molar-refractivity contribution is -0.128. The maximum Gasteiger partial charge on any atom is 0.335 e. The third-order valence-corrected chi connectivity index (χ3v) is 6.13. The average Bonchev–Trinajstić information content (AvgIpc) is 2.94. The second kappa shape index (κ2) is 11.2. The van der Waals surface area contributed by atoms with Gasteiger partial charge in [-0.05, 0) is 84.3 Å². The van der Waals surface area contributed by atoms with Crippen LogP contribution in [0.2, 0.25) is 0 Å². The van der Waals surface area contributed by atoms with E-state index in [1.807, 2.05) is 18.2 Å². The standard InChI is InChI=1S/C32H30N2O2/c1-5-24-8-14-27(15-9-24)33(4)28-16-10-25(11-17-28)26-12-18-29(19-13-26)34(7-3)30-20-22-31(23-21-30)36-32(35)6-2/h5-6,8-23H,1-2,7H2,3-4H3. The van der Waals surface area contributed by atoms with Gasteiger partial charge in [0, 0.05) is 42.4 Å². The Kier molecular flexibility index (Phi) is 7.66. The Hall–Kier alpha value is -4.57. The van der Waals surface area contributed by atoms with E-state index in [1.165, 1.54) is 0 Å². The summed E-state index contributed by atoms with van der Waals surface area (Å²) in [6, 6.07) is 33.0. The molecular formula is C32H30N2O2. The average molecular weight is 475 g/mol. The molecule has 0 heterocycles. The maximum absolute atomic E-state index is 11.4. The molecule has 4 nitrogen and oxygen atoms in total. The van der Waals surface area contributed by atoms with E-state index in [-0.39, 0.29) is 0 Å². The zero-order chi connectivity index (χ0) is 25.5. The molecule has 0 aliphatic carbocycles. The molecular weight excluding hydrogens is 444 g/mol. The van der Waals surface area contributed by atoms with Crippen molar-refractivity contribution in [3.05, 3.63) is 122 Å². The van der Waals surface area contributed by atoms with Crippen LogP contribution < -0.4 is 14.5 Å². The van der Waals surface area contributed by atoms with E-state index in [4.69, 9.17) is 4.74 Å². The van der Waals surface area contributed by atoms with E-state index in [9.17, 15) is 4.79 Å². The van der Waals surface area contributed by atoms with Crippen molar-refractivity contribution in [3.8, 4) is 16.9 Å². The van der Waals surface area contributed by atoms with Gasteiger partial charge in [-0.1, -0.05) is 55.6 Å². The molecule has 0 atom stereocenters. The lowest BCUT2D eigenvalue weighted by Crippen LogP contribution is -2.15. The van der Waals surface area contributed by atoms with E-state index in [2.05, 4.69) is 110 Å². The molecule has 0 saturated carbocycles. The van der Waals surface area contributed by atoms with Gasteiger partial charge in [0.05, 0.1) is 0 Å². The van der Waals surface area contributed by atoms with Crippen LogP contribution in [0.1, 0.15) is 12.5 Å². The second-order valence-electron chi connectivity index (χ2n) is 8.31. The van der Waals surface area contributed by atoms with Gasteiger partial charge in [-0.2, -0.15) is 0 Å². The van der Waals surface area contributed by atoms with Crippen LogP contribution in [0.3, 0.4) is 0 Å². The Bertz CT molecular complexity index is 1320. The first kappa shape index (κ1) is 24.6. The highest BCUT2D eigenvalue weighted by Gasteiger charge is 2.10. The van der Waals surface area contributed by atoms with Gasteiger partial charge in [-0.15, -0.1) is 0 Å². The van der Waals surface area contributed by atoms with Gasteiger partial charge in [0.15, 0.2) is 0 Å². The van der Waals surface area contributed by atoms with E-state index < -0.39 is 5.97 Å². The molecule has 0 aliphatic heterocycles. The topological polar surface area (TPSA) is 32.8 Å². The highest BCUT2D eigenvalue weighted by atomic mass is 16.5. The van der Waals surface area contributed by atoms with Gasteiger partial charge >= 0.3 is 5.97 Å². The van der Waals surface area contributed by atoms with Crippen molar-refractivity contribution in [1.29, 1.82) is 0 Å². The lowest BCUT2D eigenvalue weighted by atomic mass is 10.0. The smallest absolute Gasteiger partial charge is 0.335 e. The number of esters is 1. The molecule has 4 rings (SSSR count). The summed E-state index contributed by atoms with van der Waals surface area (Å²) in [5.41, 5.74) is 7.81. The van der Waals surface area contributed by atoms with E-state index >= 15 is 0 Å². The highest BCUT2D eigenvalue weighted by molar-refractivity contribution is 5.83. The van der Waals surface area contributed by atoms with Crippen LogP contribution in [0, 0.1) is 0 Å². The van der Waals surface area contributed by atoms with Gasteiger partial charge in [0.1, 0.15) is 5.75 Å². The van der Waals surface area contributed by atoms with Gasteiger partial charge in [0.25, 0.3) is 0 Å². The van der Waals surface area contributed by atoms with Gasteiger partial charge in [-0.3, -0.25) is 0 Å². The number of benzene rings is 4. The molecule has 0 radical (unpaired) electrons. The van der Waals surface area contributed by atoms with Gasteiger partial charge in [0.2, 0.25) is 0 Å². The molecule has 180 valence electrons. The first-order chi connectivity index (χ1) is 17.5. The molecule has 0 amide bonds. The number of ether oxygens (including phenoxy) is 1. The first-order valence-electron chi connectivity index (χ1n) is 11.9. The summed E-state index contributed by atoms with van der Waals surface area (Å²) < 4.78 is 5.18. The summed E-state index contributed by atoms with van der Waals surface area (Å²) >= 11 is 0. The van der Waals surface area contributed by atoms with Crippen molar-refractivity contribution < 1.29 is 9.53 Å². The minimum Gasteiger partial charge on any atom is -0.423 e. The predicted octanol–water partition coefficient (Wildman–Crippen LogP) is 8.01. The summed E-state index contributed by atoms with van der Waals surface area (Å²) in [6.45, 7) is 10.2. The Labute approximate surface area is 213 Å². The fourth-order valence-corrected chi connectivity index (χ4v) is 4.06. The zero-order valence-corrected chi connectivity index (χ0v) is 20.7. The van der Waals surface area contributed by atoms with Crippen LogP contribution in [0.5, 0.6) is 5.75 Å². The lowest BCUT2D eigenvalue weighted by Gasteiger charge is -2.24. The fraction of sp³-hybridized carbons (Fsp3) is 0.0938. The normalized spacial score (nSPS) is 10.4. The van der Waals surface area contributed by atoms with Crippen LogP contribution in [0.15, 0.2) is 116 Å². The molecule has 0 spiro atoms. The van der Waals surface area contributed by atoms with Crippen molar-refractivity contribution in [3.63, 3.8) is 0 Å². The number of carbonyl (C=O) groups is 1.